The molecule has 0 saturated carbocycles. The number of carbonyl (C=O) groups excluding carboxylic acids is 2. The first-order valence-corrected chi connectivity index (χ1v) is 17.0. The van der Waals surface area contributed by atoms with E-state index in [9.17, 15) is 9.59 Å². The largest absolute Gasteiger partial charge is 0.497 e. The molecule has 0 aliphatic carbocycles. The van der Waals surface area contributed by atoms with Crippen molar-refractivity contribution in [1.29, 1.82) is 0 Å². The normalized spacial score (nSPS) is 14.1. The summed E-state index contributed by atoms with van der Waals surface area (Å²) in [6.45, 7) is 6.75. The van der Waals surface area contributed by atoms with Crippen molar-refractivity contribution in [3.63, 3.8) is 0 Å². The minimum Gasteiger partial charge on any atom is -0.497 e. The fourth-order valence-electron chi connectivity index (χ4n) is 5.89. The van der Waals surface area contributed by atoms with Crippen LogP contribution in [0.5, 0.6) is 11.5 Å². The average molecular weight is 646 g/mol. The summed E-state index contributed by atoms with van der Waals surface area (Å²) in [5.74, 6) is 1.31. The fraction of sp³-hybridized carbons (Fsp3) is 0.317. The van der Waals surface area contributed by atoms with E-state index in [1.807, 2.05) is 89.8 Å². The standard InChI is InChI=1S/C41H47N3O4/c1-3-4-29-48-38-22-17-36(18-23-38)32-44(40(45)24-19-33-15-20-37(47-2)21-16-33)39(30-34-11-7-5-8-12-34)41(46)43-27-25-42(26-28-43)31-35-13-9-6-10-14-35/h5-24,39H,3-4,25-32H2,1-2H3/b24-19+/t39-/m0/s1. The van der Waals surface area contributed by atoms with Crippen LogP contribution in [0.1, 0.15) is 42.0 Å². The van der Waals surface area contributed by atoms with E-state index < -0.39 is 6.04 Å². The Bertz CT molecular complexity index is 1580. The number of piperazine rings is 1. The molecular weight excluding hydrogens is 598 g/mol. The zero-order valence-electron chi connectivity index (χ0n) is 28.2. The lowest BCUT2D eigenvalue weighted by atomic mass is 10.0. The molecule has 0 unspecified atom stereocenters. The Morgan fingerprint density at radius 3 is 2.02 bits per heavy atom. The first-order valence-electron chi connectivity index (χ1n) is 17.0. The topological polar surface area (TPSA) is 62.3 Å². The number of unbranched alkanes of at least 4 members (excludes halogenated alkanes) is 1. The van der Waals surface area contributed by atoms with Crippen molar-refractivity contribution in [3.05, 3.63) is 138 Å². The number of hydrogen-bond donors (Lipinski definition) is 0. The number of ether oxygens (including phenoxy) is 2. The third kappa shape index (κ3) is 10.1. The van der Waals surface area contributed by atoms with Crippen LogP contribution in [0.2, 0.25) is 0 Å². The maximum atomic E-state index is 14.5. The minimum absolute atomic E-state index is 0.0241. The van der Waals surface area contributed by atoms with Gasteiger partial charge in [0.25, 0.3) is 0 Å². The lowest BCUT2D eigenvalue weighted by Gasteiger charge is -2.39. The van der Waals surface area contributed by atoms with Crippen LogP contribution in [0.4, 0.5) is 0 Å². The highest BCUT2D eigenvalue weighted by Crippen LogP contribution is 2.21. The van der Waals surface area contributed by atoms with Gasteiger partial charge in [-0.2, -0.15) is 0 Å². The van der Waals surface area contributed by atoms with Crippen molar-refractivity contribution in [1.82, 2.24) is 14.7 Å². The highest BCUT2D eigenvalue weighted by Gasteiger charge is 2.34. The van der Waals surface area contributed by atoms with Crippen LogP contribution in [-0.2, 0) is 29.1 Å². The number of methoxy groups -OCH3 is 1. The Morgan fingerprint density at radius 1 is 0.771 bits per heavy atom. The average Bonchev–Trinajstić information content (AvgIpc) is 3.14. The summed E-state index contributed by atoms with van der Waals surface area (Å²) in [5.41, 5.74) is 4.08. The van der Waals surface area contributed by atoms with Crippen LogP contribution in [-0.4, -0.2) is 72.5 Å². The number of amides is 2. The van der Waals surface area contributed by atoms with Gasteiger partial charge in [0.2, 0.25) is 11.8 Å². The second-order valence-electron chi connectivity index (χ2n) is 12.2. The van der Waals surface area contributed by atoms with Crippen LogP contribution in [0.25, 0.3) is 6.08 Å². The van der Waals surface area contributed by atoms with E-state index in [0.29, 0.717) is 26.1 Å². The first-order chi connectivity index (χ1) is 23.5. The van der Waals surface area contributed by atoms with E-state index >= 15 is 0 Å². The molecule has 1 aliphatic rings. The Balaban J connectivity index is 1.39. The molecule has 0 spiro atoms. The fourth-order valence-corrected chi connectivity index (χ4v) is 5.89. The summed E-state index contributed by atoms with van der Waals surface area (Å²) in [6, 6.07) is 35.1. The van der Waals surface area contributed by atoms with Crippen molar-refractivity contribution >= 4 is 17.9 Å². The molecule has 0 N–H and O–H groups in total. The molecule has 1 atom stereocenters. The maximum absolute atomic E-state index is 14.5. The molecule has 48 heavy (non-hydrogen) atoms. The van der Waals surface area contributed by atoms with Gasteiger partial charge in [-0.05, 0) is 59.0 Å². The first kappa shape index (κ1) is 34.5. The van der Waals surface area contributed by atoms with Gasteiger partial charge in [-0.3, -0.25) is 14.5 Å². The van der Waals surface area contributed by atoms with Crippen LogP contribution in [0.15, 0.2) is 115 Å². The van der Waals surface area contributed by atoms with Gasteiger partial charge in [-0.15, -0.1) is 0 Å². The molecule has 0 bridgehead atoms. The third-order valence-electron chi connectivity index (χ3n) is 8.73. The van der Waals surface area contributed by atoms with E-state index in [1.54, 1.807) is 24.2 Å². The Kier molecular flexibility index (Phi) is 12.8. The maximum Gasteiger partial charge on any atom is 0.247 e. The Hall–Kier alpha value is -4.88. The van der Waals surface area contributed by atoms with E-state index in [0.717, 1.165) is 60.7 Å². The molecule has 5 rings (SSSR count). The monoisotopic (exact) mass is 645 g/mol. The van der Waals surface area contributed by atoms with Gasteiger partial charge in [-0.1, -0.05) is 98.3 Å². The molecule has 1 heterocycles. The second-order valence-corrected chi connectivity index (χ2v) is 12.2. The molecule has 250 valence electrons. The molecular formula is C41H47N3O4. The van der Waals surface area contributed by atoms with Crippen molar-refractivity contribution in [2.75, 3.05) is 39.9 Å². The van der Waals surface area contributed by atoms with Crippen molar-refractivity contribution in [2.24, 2.45) is 0 Å². The van der Waals surface area contributed by atoms with Crippen molar-refractivity contribution < 1.29 is 19.1 Å². The quantitative estimate of drug-likeness (QED) is 0.104. The molecule has 7 nitrogen and oxygen atoms in total. The van der Waals surface area contributed by atoms with Crippen LogP contribution < -0.4 is 9.47 Å². The van der Waals surface area contributed by atoms with E-state index in [2.05, 4.69) is 36.1 Å². The zero-order chi connectivity index (χ0) is 33.6. The summed E-state index contributed by atoms with van der Waals surface area (Å²) in [7, 11) is 1.63. The Labute approximate surface area is 285 Å². The molecule has 4 aromatic carbocycles. The highest BCUT2D eigenvalue weighted by atomic mass is 16.5. The molecule has 7 heteroatoms. The molecule has 0 radical (unpaired) electrons. The summed E-state index contributed by atoms with van der Waals surface area (Å²) < 4.78 is 11.2. The lowest BCUT2D eigenvalue weighted by molar-refractivity contribution is -0.145. The smallest absolute Gasteiger partial charge is 0.247 e. The van der Waals surface area contributed by atoms with Gasteiger partial charge in [-0.25, -0.2) is 0 Å². The summed E-state index contributed by atoms with van der Waals surface area (Å²) in [4.78, 5) is 34.7. The Morgan fingerprint density at radius 2 is 1.40 bits per heavy atom. The van der Waals surface area contributed by atoms with Crippen LogP contribution in [0.3, 0.4) is 0 Å². The van der Waals surface area contributed by atoms with E-state index in [1.165, 1.54) is 5.56 Å². The van der Waals surface area contributed by atoms with E-state index in [4.69, 9.17) is 9.47 Å². The second kappa shape index (κ2) is 17.9. The van der Waals surface area contributed by atoms with Gasteiger partial charge in [0.15, 0.2) is 0 Å². The molecule has 0 aromatic heterocycles. The minimum atomic E-state index is -0.679. The summed E-state index contributed by atoms with van der Waals surface area (Å²) in [5, 5.41) is 0. The molecule has 1 fully saturated rings. The van der Waals surface area contributed by atoms with Gasteiger partial charge in [0, 0.05) is 51.8 Å². The molecule has 1 saturated heterocycles. The highest BCUT2D eigenvalue weighted by molar-refractivity contribution is 5.95. The predicted molar refractivity (Wildman–Crippen MR) is 192 cm³/mol. The van der Waals surface area contributed by atoms with Crippen LogP contribution in [0, 0.1) is 0 Å². The van der Waals surface area contributed by atoms with Crippen molar-refractivity contribution in [3.8, 4) is 11.5 Å². The molecule has 1 aliphatic heterocycles. The van der Waals surface area contributed by atoms with Gasteiger partial charge >= 0.3 is 0 Å². The SMILES string of the molecule is CCCCOc1ccc(CN(C(=O)/C=C/c2ccc(OC)cc2)[C@@H](Cc2ccccc2)C(=O)N2CCN(Cc3ccccc3)CC2)cc1. The summed E-state index contributed by atoms with van der Waals surface area (Å²) >= 11 is 0. The zero-order valence-corrected chi connectivity index (χ0v) is 28.2. The number of hydrogen-bond acceptors (Lipinski definition) is 5. The van der Waals surface area contributed by atoms with Gasteiger partial charge in [0.1, 0.15) is 17.5 Å². The predicted octanol–water partition coefficient (Wildman–Crippen LogP) is 6.87. The lowest BCUT2D eigenvalue weighted by Crippen LogP contribution is -2.56. The number of benzene rings is 4. The third-order valence-corrected chi connectivity index (χ3v) is 8.73. The molecule has 2 amide bonds. The van der Waals surface area contributed by atoms with Crippen LogP contribution >= 0.6 is 0 Å². The number of rotatable bonds is 15. The van der Waals surface area contributed by atoms with Gasteiger partial charge in [0.05, 0.1) is 13.7 Å². The van der Waals surface area contributed by atoms with E-state index in [-0.39, 0.29) is 18.4 Å². The number of carbonyl (C=O) groups is 2. The number of nitrogens with zero attached hydrogens (tertiary/aromatic N) is 3. The molecule has 4 aromatic rings. The summed E-state index contributed by atoms with van der Waals surface area (Å²) in [6.07, 6.45) is 5.86. The van der Waals surface area contributed by atoms with Gasteiger partial charge < -0.3 is 19.3 Å². The van der Waals surface area contributed by atoms with Crippen molar-refractivity contribution in [2.45, 2.75) is 45.3 Å².